The Kier molecular flexibility index (Phi) is 6.87. The second-order valence-corrected chi connectivity index (χ2v) is 8.97. The molecule has 1 fully saturated rings. The lowest BCUT2D eigenvalue weighted by Gasteiger charge is -2.31. The first kappa shape index (κ1) is 21.4. The zero-order valence-electron chi connectivity index (χ0n) is 17.7. The van der Waals surface area contributed by atoms with Gasteiger partial charge in [-0.05, 0) is 37.1 Å². The molecule has 1 aromatic heterocycles. The molecule has 0 radical (unpaired) electrons. The van der Waals surface area contributed by atoms with Crippen LogP contribution in [-0.2, 0) is 4.79 Å². The van der Waals surface area contributed by atoms with Gasteiger partial charge in [0.15, 0.2) is 0 Å². The average Bonchev–Trinajstić information content (AvgIpc) is 2.82. The van der Waals surface area contributed by atoms with Gasteiger partial charge in [-0.1, -0.05) is 49.6 Å². The number of para-hydroxylation sites is 1. The SMILES string of the molecule is CN(C(=O)CSc1ccccc1C(=O)Nc1cnc2ccccc2c1)C1CCCCC1. The average molecular weight is 434 g/mol. The first-order chi connectivity index (χ1) is 15.1. The molecule has 0 spiro atoms. The fraction of sp³-hybridized carbons (Fsp3) is 0.320. The van der Waals surface area contributed by atoms with Crippen LogP contribution in [0.2, 0.25) is 0 Å². The van der Waals surface area contributed by atoms with Crippen molar-refractivity contribution in [1.29, 1.82) is 0 Å². The molecule has 0 saturated heterocycles. The van der Waals surface area contributed by atoms with E-state index in [1.54, 1.807) is 12.3 Å². The number of nitrogens with zero attached hydrogens (tertiary/aromatic N) is 2. The van der Waals surface area contributed by atoms with Crippen molar-refractivity contribution < 1.29 is 9.59 Å². The van der Waals surface area contributed by atoms with Crippen LogP contribution in [0, 0.1) is 0 Å². The van der Waals surface area contributed by atoms with E-state index in [4.69, 9.17) is 0 Å². The number of hydrogen-bond acceptors (Lipinski definition) is 4. The van der Waals surface area contributed by atoms with Gasteiger partial charge in [0.1, 0.15) is 0 Å². The summed E-state index contributed by atoms with van der Waals surface area (Å²) in [4.78, 5) is 32.8. The Bertz CT molecular complexity index is 1080. The van der Waals surface area contributed by atoms with Crippen LogP contribution in [0.4, 0.5) is 5.69 Å². The molecule has 2 aromatic carbocycles. The maximum Gasteiger partial charge on any atom is 0.256 e. The molecule has 1 aliphatic rings. The molecule has 4 rings (SSSR count). The number of hydrogen-bond donors (Lipinski definition) is 1. The molecule has 1 aliphatic carbocycles. The smallest absolute Gasteiger partial charge is 0.256 e. The maximum absolute atomic E-state index is 12.9. The molecule has 5 nitrogen and oxygen atoms in total. The van der Waals surface area contributed by atoms with Crippen LogP contribution in [0.5, 0.6) is 0 Å². The van der Waals surface area contributed by atoms with Crippen LogP contribution in [0.25, 0.3) is 10.9 Å². The quantitative estimate of drug-likeness (QED) is 0.531. The highest BCUT2D eigenvalue weighted by Crippen LogP contribution is 2.26. The monoisotopic (exact) mass is 433 g/mol. The minimum absolute atomic E-state index is 0.117. The lowest BCUT2D eigenvalue weighted by atomic mass is 9.94. The van der Waals surface area contributed by atoms with Gasteiger partial charge in [0, 0.05) is 23.4 Å². The van der Waals surface area contributed by atoms with Gasteiger partial charge >= 0.3 is 0 Å². The molecule has 6 heteroatoms. The number of pyridine rings is 1. The number of benzene rings is 2. The number of aromatic nitrogens is 1. The largest absolute Gasteiger partial charge is 0.342 e. The van der Waals surface area contributed by atoms with E-state index in [0.717, 1.165) is 28.6 Å². The van der Waals surface area contributed by atoms with Gasteiger partial charge in [0.05, 0.1) is 28.7 Å². The number of amides is 2. The van der Waals surface area contributed by atoms with E-state index in [9.17, 15) is 9.59 Å². The van der Waals surface area contributed by atoms with Crippen molar-refractivity contribution in [1.82, 2.24) is 9.88 Å². The molecular weight excluding hydrogens is 406 g/mol. The fourth-order valence-corrected chi connectivity index (χ4v) is 5.00. The van der Waals surface area contributed by atoms with E-state index in [-0.39, 0.29) is 11.8 Å². The molecule has 0 aliphatic heterocycles. The van der Waals surface area contributed by atoms with Crippen LogP contribution in [0.3, 0.4) is 0 Å². The second-order valence-electron chi connectivity index (χ2n) is 7.95. The van der Waals surface area contributed by atoms with E-state index in [1.165, 1.54) is 31.0 Å². The summed E-state index contributed by atoms with van der Waals surface area (Å²) in [6.45, 7) is 0. The van der Waals surface area contributed by atoms with E-state index >= 15 is 0 Å². The van der Waals surface area contributed by atoms with Crippen molar-refractivity contribution in [3.63, 3.8) is 0 Å². The Labute approximate surface area is 187 Å². The predicted molar refractivity (Wildman–Crippen MR) is 127 cm³/mol. The maximum atomic E-state index is 12.9. The minimum Gasteiger partial charge on any atom is -0.342 e. The Balaban J connectivity index is 1.42. The highest BCUT2D eigenvalue weighted by atomic mass is 32.2. The summed E-state index contributed by atoms with van der Waals surface area (Å²) in [5.74, 6) is 0.244. The third-order valence-corrected chi connectivity index (χ3v) is 6.91. The molecule has 3 aromatic rings. The van der Waals surface area contributed by atoms with Gasteiger partial charge in [0.2, 0.25) is 5.91 Å². The van der Waals surface area contributed by atoms with Gasteiger partial charge < -0.3 is 10.2 Å². The summed E-state index contributed by atoms with van der Waals surface area (Å²) in [7, 11) is 1.91. The third-order valence-electron chi connectivity index (χ3n) is 5.85. The number of carbonyl (C=O) groups excluding carboxylic acids is 2. The fourth-order valence-electron chi connectivity index (χ4n) is 4.03. The molecule has 2 amide bonds. The van der Waals surface area contributed by atoms with E-state index in [2.05, 4.69) is 10.3 Å². The first-order valence-corrected chi connectivity index (χ1v) is 11.7. The summed E-state index contributed by atoms with van der Waals surface area (Å²) >= 11 is 1.42. The topological polar surface area (TPSA) is 62.3 Å². The lowest BCUT2D eigenvalue weighted by molar-refractivity contribution is -0.129. The molecular formula is C25H27N3O2S. The molecule has 1 N–H and O–H groups in total. The Morgan fingerprint density at radius 1 is 1.06 bits per heavy atom. The number of rotatable bonds is 6. The Morgan fingerprint density at radius 2 is 1.81 bits per heavy atom. The zero-order chi connectivity index (χ0) is 21.6. The van der Waals surface area contributed by atoms with Crippen LogP contribution < -0.4 is 5.32 Å². The number of thioether (sulfide) groups is 1. The first-order valence-electron chi connectivity index (χ1n) is 10.8. The van der Waals surface area contributed by atoms with E-state index in [0.29, 0.717) is 23.0 Å². The van der Waals surface area contributed by atoms with Crippen molar-refractivity contribution in [2.24, 2.45) is 0 Å². The number of anilines is 1. The van der Waals surface area contributed by atoms with Gasteiger partial charge in [-0.25, -0.2) is 0 Å². The van der Waals surface area contributed by atoms with Crippen LogP contribution in [0.15, 0.2) is 65.7 Å². The Morgan fingerprint density at radius 3 is 2.65 bits per heavy atom. The van der Waals surface area contributed by atoms with Crippen LogP contribution in [-0.4, -0.2) is 40.5 Å². The normalized spacial score (nSPS) is 14.4. The van der Waals surface area contributed by atoms with Crippen molar-refractivity contribution in [2.75, 3.05) is 18.1 Å². The number of carbonyl (C=O) groups is 2. The third kappa shape index (κ3) is 5.25. The molecule has 160 valence electrons. The number of nitrogens with one attached hydrogen (secondary N) is 1. The highest BCUT2D eigenvalue weighted by molar-refractivity contribution is 8.00. The summed E-state index contributed by atoms with van der Waals surface area (Å²) in [6, 6.07) is 17.5. The summed E-state index contributed by atoms with van der Waals surface area (Å²) in [5, 5.41) is 3.91. The number of fused-ring (bicyclic) bond motifs is 1. The van der Waals surface area contributed by atoms with Crippen molar-refractivity contribution in [2.45, 2.75) is 43.0 Å². The van der Waals surface area contributed by atoms with Crippen molar-refractivity contribution >= 4 is 40.2 Å². The van der Waals surface area contributed by atoms with E-state index < -0.39 is 0 Å². The molecule has 1 heterocycles. The molecule has 0 unspecified atom stereocenters. The van der Waals surface area contributed by atoms with Crippen molar-refractivity contribution in [3.8, 4) is 0 Å². The molecule has 31 heavy (non-hydrogen) atoms. The zero-order valence-corrected chi connectivity index (χ0v) is 18.5. The van der Waals surface area contributed by atoms with Gasteiger partial charge in [-0.15, -0.1) is 11.8 Å². The predicted octanol–water partition coefficient (Wildman–Crippen LogP) is 5.37. The van der Waals surface area contributed by atoms with Crippen molar-refractivity contribution in [3.05, 3.63) is 66.4 Å². The highest BCUT2D eigenvalue weighted by Gasteiger charge is 2.22. The van der Waals surface area contributed by atoms with Gasteiger partial charge in [-0.3, -0.25) is 14.6 Å². The molecule has 1 saturated carbocycles. The van der Waals surface area contributed by atoms with E-state index in [1.807, 2.05) is 60.5 Å². The second kappa shape index (κ2) is 9.96. The standard InChI is InChI=1S/C25H27N3O2S/c1-28(20-10-3-2-4-11-20)24(29)17-31-23-14-8-6-12-21(23)25(30)27-19-15-18-9-5-7-13-22(18)26-16-19/h5-9,12-16,20H,2-4,10-11,17H2,1H3,(H,27,30). The Hall–Kier alpha value is -2.86. The van der Waals surface area contributed by atoms with Gasteiger partial charge in [0.25, 0.3) is 5.91 Å². The van der Waals surface area contributed by atoms with Crippen LogP contribution in [0.1, 0.15) is 42.5 Å². The van der Waals surface area contributed by atoms with Gasteiger partial charge in [-0.2, -0.15) is 0 Å². The molecule has 0 bridgehead atoms. The minimum atomic E-state index is -0.201. The lowest BCUT2D eigenvalue weighted by Crippen LogP contribution is -2.39. The van der Waals surface area contributed by atoms with Crippen LogP contribution >= 0.6 is 11.8 Å². The summed E-state index contributed by atoms with van der Waals surface area (Å²) in [5.41, 5.74) is 2.10. The molecule has 0 atom stereocenters. The summed E-state index contributed by atoms with van der Waals surface area (Å²) < 4.78 is 0. The summed E-state index contributed by atoms with van der Waals surface area (Å²) in [6.07, 6.45) is 7.50.